The van der Waals surface area contributed by atoms with E-state index in [2.05, 4.69) is 51.6 Å². The molecule has 3 nitrogen and oxygen atoms in total. The molecule has 1 aromatic heterocycles. The van der Waals surface area contributed by atoms with E-state index in [9.17, 15) is 0 Å². The minimum Gasteiger partial charge on any atom is -0.353 e. The number of anilines is 1. The molecule has 0 radical (unpaired) electrons. The summed E-state index contributed by atoms with van der Waals surface area (Å²) in [6.07, 6.45) is 1.70. The van der Waals surface area contributed by atoms with Gasteiger partial charge in [0.05, 0.1) is 9.50 Å². The Morgan fingerprint density at radius 2 is 2.12 bits per heavy atom. The third-order valence-corrected chi connectivity index (χ3v) is 4.19. The Morgan fingerprint density at radius 3 is 2.71 bits per heavy atom. The Labute approximate surface area is 116 Å². The van der Waals surface area contributed by atoms with Gasteiger partial charge in [-0.05, 0) is 42.9 Å². The van der Waals surface area contributed by atoms with Crippen LogP contribution in [-0.2, 0) is 0 Å². The van der Waals surface area contributed by atoms with Crippen molar-refractivity contribution in [3.8, 4) is 0 Å². The summed E-state index contributed by atoms with van der Waals surface area (Å²) in [5, 5.41) is 0.661. The van der Waals surface area contributed by atoms with Crippen molar-refractivity contribution in [1.29, 1.82) is 0 Å². The van der Waals surface area contributed by atoms with Crippen molar-refractivity contribution < 1.29 is 0 Å². The standard InChI is InChI=1S/C12H17BrClN3/c1-12(2)8-17(5-4-16(12)3)11-10(13)6-9(14)7-15-11/h6-7H,4-5,8H2,1-3H3. The molecule has 1 aliphatic rings. The zero-order chi connectivity index (χ0) is 12.6. The topological polar surface area (TPSA) is 19.4 Å². The highest BCUT2D eigenvalue weighted by Gasteiger charge is 2.32. The van der Waals surface area contributed by atoms with Crippen molar-refractivity contribution in [2.24, 2.45) is 0 Å². The summed E-state index contributed by atoms with van der Waals surface area (Å²) < 4.78 is 0.963. The number of hydrogen-bond donors (Lipinski definition) is 0. The second kappa shape index (κ2) is 4.75. The minimum atomic E-state index is 0.166. The minimum absolute atomic E-state index is 0.166. The van der Waals surface area contributed by atoms with Crippen LogP contribution in [0.3, 0.4) is 0 Å². The maximum absolute atomic E-state index is 5.92. The van der Waals surface area contributed by atoms with E-state index < -0.39 is 0 Å². The van der Waals surface area contributed by atoms with Gasteiger partial charge in [-0.3, -0.25) is 4.90 Å². The normalized spacial score (nSPS) is 20.6. The first-order chi connectivity index (χ1) is 7.90. The molecular formula is C12H17BrClN3. The van der Waals surface area contributed by atoms with Crippen LogP contribution in [0.25, 0.3) is 0 Å². The summed E-state index contributed by atoms with van der Waals surface area (Å²) in [5.41, 5.74) is 0.166. The van der Waals surface area contributed by atoms with Gasteiger partial charge in [0, 0.05) is 31.4 Å². The second-order valence-electron chi connectivity index (χ2n) is 5.11. The van der Waals surface area contributed by atoms with Crippen LogP contribution < -0.4 is 4.90 Å². The average Bonchev–Trinajstić information content (AvgIpc) is 2.22. The highest BCUT2D eigenvalue weighted by atomic mass is 79.9. The summed E-state index contributed by atoms with van der Waals surface area (Å²) in [6, 6.07) is 1.90. The lowest BCUT2D eigenvalue weighted by atomic mass is 10.00. The van der Waals surface area contributed by atoms with Crippen LogP contribution in [0.4, 0.5) is 5.82 Å². The van der Waals surface area contributed by atoms with Gasteiger partial charge in [0.2, 0.25) is 0 Å². The molecular weight excluding hydrogens is 302 g/mol. The van der Waals surface area contributed by atoms with Gasteiger partial charge in [-0.2, -0.15) is 0 Å². The van der Waals surface area contributed by atoms with E-state index in [0.717, 1.165) is 29.9 Å². The molecule has 2 heterocycles. The van der Waals surface area contributed by atoms with E-state index in [1.54, 1.807) is 6.20 Å². The smallest absolute Gasteiger partial charge is 0.143 e. The number of piperazine rings is 1. The molecule has 0 atom stereocenters. The van der Waals surface area contributed by atoms with Gasteiger partial charge >= 0.3 is 0 Å². The lowest BCUT2D eigenvalue weighted by molar-refractivity contribution is 0.138. The highest BCUT2D eigenvalue weighted by molar-refractivity contribution is 9.10. The van der Waals surface area contributed by atoms with E-state index in [4.69, 9.17) is 11.6 Å². The van der Waals surface area contributed by atoms with E-state index in [0.29, 0.717) is 5.02 Å². The average molecular weight is 319 g/mol. The van der Waals surface area contributed by atoms with Crippen LogP contribution in [0.2, 0.25) is 5.02 Å². The largest absolute Gasteiger partial charge is 0.353 e. The monoisotopic (exact) mass is 317 g/mol. The number of hydrogen-bond acceptors (Lipinski definition) is 3. The van der Waals surface area contributed by atoms with Crippen LogP contribution in [0, 0.1) is 0 Å². The number of likely N-dealkylation sites (N-methyl/N-ethyl adjacent to an activating group) is 1. The molecule has 0 saturated carbocycles. The van der Waals surface area contributed by atoms with Crippen LogP contribution in [-0.4, -0.2) is 42.1 Å². The molecule has 1 aromatic rings. The third kappa shape index (κ3) is 2.75. The van der Waals surface area contributed by atoms with Crippen molar-refractivity contribution >= 4 is 33.3 Å². The predicted octanol–water partition coefficient (Wildman–Crippen LogP) is 3.03. The van der Waals surface area contributed by atoms with E-state index >= 15 is 0 Å². The number of rotatable bonds is 1. The van der Waals surface area contributed by atoms with Crippen molar-refractivity contribution in [2.75, 3.05) is 31.6 Å². The van der Waals surface area contributed by atoms with Gasteiger partial charge in [0.15, 0.2) is 0 Å². The molecule has 5 heteroatoms. The number of aromatic nitrogens is 1. The molecule has 0 N–H and O–H groups in total. The van der Waals surface area contributed by atoms with Crippen molar-refractivity contribution in [3.63, 3.8) is 0 Å². The molecule has 1 aliphatic heterocycles. The van der Waals surface area contributed by atoms with Crippen molar-refractivity contribution in [3.05, 3.63) is 21.8 Å². The molecule has 1 saturated heterocycles. The molecule has 0 spiro atoms. The first kappa shape index (κ1) is 13.1. The van der Waals surface area contributed by atoms with Crippen molar-refractivity contribution in [1.82, 2.24) is 9.88 Å². The first-order valence-electron chi connectivity index (χ1n) is 5.67. The summed E-state index contributed by atoms with van der Waals surface area (Å²) in [6.45, 7) is 7.51. The fourth-order valence-electron chi connectivity index (χ4n) is 2.06. The van der Waals surface area contributed by atoms with Gasteiger partial charge in [0.1, 0.15) is 5.82 Å². The molecule has 0 bridgehead atoms. The number of halogens is 2. The second-order valence-corrected chi connectivity index (χ2v) is 6.41. The maximum atomic E-state index is 5.92. The maximum Gasteiger partial charge on any atom is 0.143 e. The number of pyridine rings is 1. The van der Waals surface area contributed by atoms with E-state index in [1.165, 1.54) is 0 Å². The SMILES string of the molecule is CN1CCN(c2ncc(Cl)cc2Br)CC1(C)C. The highest BCUT2D eigenvalue weighted by Crippen LogP contribution is 2.30. The van der Waals surface area contributed by atoms with E-state index in [1.807, 2.05) is 6.07 Å². The number of nitrogens with zero attached hydrogens (tertiary/aromatic N) is 3. The zero-order valence-corrected chi connectivity index (χ0v) is 12.7. The fraction of sp³-hybridized carbons (Fsp3) is 0.583. The Bertz CT molecular complexity index is 422. The van der Waals surface area contributed by atoms with Gasteiger partial charge in [0.25, 0.3) is 0 Å². The molecule has 0 aliphatic carbocycles. The first-order valence-corrected chi connectivity index (χ1v) is 6.84. The van der Waals surface area contributed by atoms with Crippen molar-refractivity contribution in [2.45, 2.75) is 19.4 Å². The van der Waals surface area contributed by atoms with Crippen LogP contribution in [0.1, 0.15) is 13.8 Å². The lowest BCUT2D eigenvalue weighted by Gasteiger charge is -2.46. The molecule has 1 fully saturated rings. The summed E-state index contributed by atoms with van der Waals surface area (Å²) in [4.78, 5) is 9.11. The Hall–Kier alpha value is -0.320. The summed E-state index contributed by atoms with van der Waals surface area (Å²) >= 11 is 9.45. The zero-order valence-electron chi connectivity index (χ0n) is 10.4. The predicted molar refractivity (Wildman–Crippen MR) is 75.9 cm³/mol. The van der Waals surface area contributed by atoms with Gasteiger partial charge < -0.3 is 4.90 Å². The van der Waals surface area contributed by atoms with Crippen LogP contribution in [0.15, 0.2) is 16.7 Å². The molecule has 0 aromatic carbocycles. The molecule has 94 valence electrons. The third-order valence-electron chi connectivity index (χ3n) is 3.40. The van der Waals surface area contributed by atoms with Crippen LogP contribution >= 0.6 is 27.5 Å². The van der Waals surface area contributed by atoms with Gasteiger partial charge in [-0.15, -0.1) is 0 Å². The quantitative estimate of drug-likeness (QED) is 0.793. The Morgan fingerprint density at radius 1 is 1.41 bits per heavy atom. The fourth-order valence-corrected chi connectivity index (χ4v) is 2.95. The molecule has 0 unspecified atom stereocenters. The Balaban J connectivity index is 2.24. The van der Waals surface area contributed by atoms with Gasteiger partial charge in [-0.1, -0.05) is 11.6 Å². The van der Waals surface area contributed by atoms with Gasteiger partial charge in [-0.25, -0.2) is 4.98 Å². The van der Waals surface area contributed by atoms with E-state index in [-0.39, 0.29) is 5.54 Å². The molecule has 17 heavy (non-hydrogen) atoms. The van der Waals surface area contributed by atoms with Crippen LogP contribution in [0.5, 0.6) is 0 Å². The lowest BCUT2D eigenvalue weighted by Crippen LogP contribution is -2.58. The molecule has 2 rings (SSSR count). The molecule has 0 amide bonds. The summed E-state index contributed by atoms with van der Waals surface area (Å²) in [7, 11) is 2.17. The Kier molecular flexibility index (Phi) is 3.66. The summed E-state index contributed by atoms with van der Waals surface area (Å²) in [5.74, 6) is 0.982.